The van der Waals surface area contributed by atoms with Gasteiger partial charge in [0.2, 0.25) is 0 Å². The van der Waals surface area contributed by atoms with Gasteiger partial charge >= 0.3 is 256 Å². The van der Waals surface area contributed by atoms with E-state index in [-0.39, 0.29) is 0 Å². The molecule has 1 atom stereocenters. The second kappa shape index (κ2) is 12.3. The van der Waals surface area contributed by atoms with Crippen LogP contribution < -0.4 is 24.0 Å². The van der Waals surface area contributed by atoms with E-state index in [0.717, 1.165) is 30.1 Å². The molecule has 0 N–H and O–H groups in total. The number of hydrogen-bond donors (Lipinski definition) is 0. The van der Waals surface area contributed by atoms with Gasteiger partial charge in [-0.2, -0.15) is 0 Å². The van der Waals surface area contributed by atoms with Gasteiger partial charge in [-0.05, 0) is 0 Å². The van der Waals surface area contributed by atoms with E-state index in [0.29, 0.717) is 0 Å². The second-order valence-corrected chi connectivity index (χ2v) is 14.5. The van der Waals surface area contributed by atoms with Gasteiger partial charge in [0.25, 0.3) is 0 Å². The van der Waals surface area contributed by atoms with E-state index in [2.05, 4.69) is 111 Å². The zero-order chi connectivity index (χ0) is 29.0. The first-order valence-corrected chi connectivity index (χ1v) is 16.8. The minimum atomic E-state index is -0.709. The Morgan fingerprint density at radius 1 is 0.561 bits per heavy atom. The average molecular weight is 664 g/mol. The molecule has 0 aliphatic carbocycles. The molecular weight excluding hydrogens is 624 g/mol. The quantitative estimate of drug-likeness (QED) is 0.181. The molecule has 214 valence electrons. The molecule has 5 nitrogen and oxygen atoms in total. The molecular formula is C35H40N2O3Te. The van der Waals surface area contributed by atoms with Crippen molar-refractivity contribution in [2.75, 3.05) is 52.2 Å². The zero-order valence-corrected chi connectivity index (χ0v) is 27.2. The van der Waals surface area contributed by atoms with Crippen molar-refractivity contribution >= 4 is 32.3 Å². The van der Waals surface area contributed by atoms with E-state index in [4.69, 9.17) is 14.2 Å². The number of benzene rings is 4. The topological polar surface area (TPSA) is 34.2 Å². The first-order chi connectivity index (χ1) is 19.8. The molecule has 0 saturated carbocycles. The average Bonchev–Trinajstić information content (AvgIpc) is 3.02. The molecule has 6 heteroatoms. The van der Waals surface area contributed by atoms with E-state index >= 15 is 0 Å². The Morgan fingerprint density at radius 3 is 1.41 bits per heavy atom. The van der Waals surface area contributed by atoms with E-state index in [1.807, 2.05) is 24.3 Å². The monoisotopic (exact) mass is 666 g/mol. The Bertz CT molecular complexity index is 1370. The molecule has 1 aliphatic rings. The van der Waals surface area contributed by atoms with E-state index in [1.165, 1.54) is 32.5 Å². The summed E-state index contributed by atoms with van der Waals surface area (Å²) < 4.78 is 19.1. The standard InChI is InChI=1S/C35H40N2O3Te/c1-36(2)29-14-8-26(9-15-29)34(27-10-16-30(17-11-27)37(3)4)24-7-25-41-35(34,28-12-18-31(38-5)19-13-28)40-33-22-20-32(39-6)21-23-33/h8-23H,7,24-25H2,1-6H3. The number of nitrogens with zero attached hydrogens (tertiary/aromatic N) is 2. The number of ether oxygens (including phenoxy) is 3. The molecule has 0 amide bonds. The van der Waals surface area contributed by atoms with Crippen molar-refractivity contribution in [2.45, 2.75) is 26.4 Å². The van der Waals surface area contributed by atoms with E-state index in [1.54, 1.807) is 14.2 Å². The summed E-state index contributed by atoms with van der Waals surface area (Å²) in [5, 5.41) is 0. The number of rotatable bonds is 9. The van der Waals surface area contributed by atoms with Crippen molar-refractivity contribution in [1.29, 1.82) is 0 Å². The third kappa shape index (κ3) is 5.48. The van der Waals surface area contributed by atoms with Gasteiger partial charge in [-0.15, -0.1) is 0 Å². The van der Waals surface area contributed by atoms with Crippen molar-refractivity contribution in [3.05, 3.63) is 114 Å². The third-order valence-corrected chi connectivity index (χ3v) is 12.6. The minimum absolute atomic E-state index is 0.391. The Morgan fingerprint density at radius 2 is 0.976 bits per heavy atom. The van der Waals surface area contributed by atoms with Gasteiger partial charge in [0.05, 0.1) is 0 Å². The molecule has 0 bridgehead atoms. The normalized spacial score (nSPS) is 17.9. The third-order valence-electron chi connectivity index (χ3n) is 8.11. The van der Waals surface area contributed by atoms with Crippen LogP contribution in [0.5, 0.6) is 17.2 Å². The molecule has 0 spiro atoms. The first kappa shape index (κ1) is 29.2. The van der Waals surface area contributed by atoms with Gasteiger partial charge in [0.1, 0.15) is 0 Å². The Labute approximate surface area is 255 Å². The molecule has 4 aromatic carbocycles. The predicted octanol–water partition coefficient (Wildman–Crippen LogP) is 6.97. The summed E-state index contributed by atoms with van der Waals surface area (Å²) in [5.41, 5.74) is 5.75. The maximum absolute atomic E-state index is 7.42. The van der Waals surface area contributed by atoms with Crippen molar-refractivity contribution < 1.29 is 14.2 Å². The van der Waals surface area contributed by atoms with Gasteiger partial charge in [-0.1, -0.05) is 0 Å². The summed E-state index contributed by atoms with van der Waals surface area (Å²) in [7, 11) is 11.8. The van der Waals surface area contributed by atoms with Crippen LogP contribution >= 0.6 is 0 Å². The molecule has 5 rings (SSSR count). The molecule has 41 heavy (non-hydrogen) atoms. The fourth-order valence-electron chi connectivity index (χ4n) is 5.89. The molecule has 0 radical (unpaired) electrons. The maximum atomic E-state index is 7.42. The SMILES string of the molecule is COc1ccc(OC2(c3ccc(OC)cc3)[Te]CCCC2(c2ccc(N(C)C)cc2)c2ccc(N(C)C)cc2)cc1. The number of methoxy groups -OCH3 is 2. The zero-order valence-electron chi connectivity index (χ0n) is 24.9. The van der Waals surface area contributed by atoms with Crippen LogP contribution in [0, 0.1) is 0 Å². The van der Waals surface area contributed by atoms with Crippen LogP contribution in [-0.2, 0) is 9.06 Å². The molecule has 4 aromatic rings. The summed E-state index contributed by atoms with van der Waals surface area (Å²) >= 11 is -0.709. The summed E-state index contributed by atoms with van der Waals surface area (Å²) in [4.78, 5) is 4.31. The van der Waals surface area contributed by atoms with Gasteiger partial charge < -0.3 is 0 Å². The summed E-state index contributed by atoms with van der Waals surface area (Å²) in [6.45, 7) is 0. The number of anilines is 2. The van der Waals surface area contributed by atoms with Crippen LogP contribution in [-0.4, -0.2) is 63.3 Å². The van der Waals surface area contributed by atoms with Gasteiger partial charge in [-0.3, -0.25) is 0 Å². The summed E-state index contributed by atoms with van der Waals surface area (Å²) in [6, 6.07) is 34.9. The fourth-order valence-corrected chi connectivity index (χ4v) is 10.5. The van der Waals surface area contributed by atoms with Gasteiger partial charge in [-0.25, -0.2) is 0 Å². The van der Waals surface area contributed by atoms with Crippen molar-refractivity contribution in [3.8, 4) is 17.2 Å². The summed E-state index contributed by atoms with van der Waals surface area (Å²) in [6.07, 6.45) is 2.15. The Hall–Kier alpha value is -3.33. The van der Waals surface area contributed by atoms with Crippen molar-refractivity contribution in [1.82, 2.24) is 0 Å². The molecule has 1 saturated heterocycles. The summed E-state index contributed by atoms with van der Waals surface area (Å²) in [5.74, 6) is 2.52. The first-order valence-electron chi connectivity index (χ1n) is 14.0. The van der Waals surface area contributed by atoms with Crippen LogP contribution in [0.4, 0.5) is 11.4 Å². The van der Waals surface area contributed by atoms with Crippen LogP contribution in [0.25, 0.3) is 0 Å². The van der Waals surface area contributed by atoms with E-state index in [9.17, 15) is 0 Å². The van der Waals surface area contributed by atoms with Crippen molar-refractivity contribution in [2.24, 2.45) is 0 Å². The molecule has 1 unspecified atom stereocenters. The second-order valence-electron chi connectivity index (χ2n) is 10.9. The van der Waals surface area contributed by atoms with Gasteiger partial charge in [0.15, 0.2) is 0 Å². The fraction of sp³-hybridized carbons (Fsp3) is 0.314. The molecule has 1 fully saturated rings. The van der Waals surface area contributed by atoms with Crippen LogP contribution in [0.1, 0.15) is 29.5 Å². The van der Waals surface area contributed by atoms with Crippen LogP contribution in [0.3, 0.4) is 0 Å². The van der Waals surface area contributed by atoms with Crippen LogP contribution in [0.15, 0.2) is 97.1 Å². The number of hydrogen-bond acceptors (Lipinski definition) is 5. The Kier molecular flexibility index (Phi) is 8.73. The van der Waals surface area contributed by atoms with E-state index < -0.39 is 30.0 Å². The Balaban J connectivity index is 1.80. The van der Waals surface area contributed by atoms with Crippen LogP contribution in [0.2, 0.25) is 4.47 Å². The van der Waals surface area contributed by atoms with Crippen molar-refractivity contribution in [3.63, 3.8) is 0 Å². The van der Waals surface area contributed by atoms with Gasteiger partial charge in [0, 0.05) is 0 Å². The molecule has 1 heterocycles. The molecule has 1 aliphatic heterocycles. The molecule has 0 aromatic heterocycles. The predicted molar refractivity (Wildman–Crippen MR) is 170 cm³/mol.